The fourth-order valence-corrected chi connectivity index (χ4v) is 4.29. The van der Waals surface area contributed by atoms with E-state index < -0.39 is 0 Å². The van der Waals surface area contributed by atoms with Gasteiger partial charge >= 0.3 is 0 Å². The monoisotopic (exact) mass is 431 g/mol. The lowest BCUT2D eigenvalue weighted by Crippen LogP contribution is -2.34. The summed E-state index contributed by atoms with van der Waals surface area (Å²) >= 11 is 5.96. The molecule has 1 atom stereocenters. The fraction of sp³-hybridized carbons (Fsp3) is 0.192. The van der Waals surface area contributed by atoms with Gasteiger partial charge < -0.3 is 9.47 Å². The van der Waals surface area contributed by atoms with Crippen LogP contribution in [0, 0.1) is 6.92 Å². The second-order valence-corrected chi connectivity index (χ2v) is 8.40. The molecule has 0 aliphatic carbocycles. The maximum atomic E-state index is 13.1. The van der Waals surface area contributed by atoms with Crippen molar-refractivity contribution in [2.45, 2.75) is 26.4 Å². The maximum Gasteiger partial charge on any atom is 0.231 e. The number of carbonyl (C=O) groups is 1. The van der Waals surface area contributed by atoms with Gasteiger partial charge in [-0.25, -0.2) is 0 Å². The van der Waals surface area contributed by atoms with Crippen molar-refractivity contribution in [1.82, 2.24) is 4.90 Å². The summed E-state index contributed by atoms with van der Waals surface area (Å²) in [6, 6.07) is 19.8. The molecule has 0 aromatic heterocycles. The molecule has 2 aliphatic rings. The zero-order valence-corrected chi connectivity index (χ0v) is 18.1. The Hall–Kier alpha value is -3.08. The molecular formula is C26H22ClNO3. The number of Topliss-reactive ketones (excluding diaryl/α,β-unsaturated/α-hetero) is 1. The van der Waals surface area contributed by atoms with Crippen LogP contribution in [-0.2, 0) is 6.54 Å². The number of fused-ring (bicyclic) bond motifs is 2. The van der Waals surface area contributed by atoms with Gasteiger partial charge in [0.1, 0.15) is 18.2 Å². The molecule has 0 saturated carbocycles. The molecule has 0 spiro atoms. The van der Waals surface area contributed by atoms with Gasteiger partial charge in [-0.2, -0.15) is 0 Å². The molecule has 31 heavy (non-hydrogen) atoms. The van der Waals surface area contributed by atoms with Gasteiger partial charge in [0.05, 0.1) is 5.56 Å². The molecule has 0 N–H and O–H groups in total. The van der Waals surface area contributed by atoms with Gasteiger partial charge in [-0.3, -0.25) is 9.69 Å². The van der Waals surface area contributed by atoms with Gasteiger partial charge in [0.15, 0.2) is 5.76 Å². The summed E-state index contributed by atoms with van der Waals surface area (Å²) in [6.45, 7) is 5.32. The number of hydrogen-bond acceptors (Lipinski definition) is 4. The smallest absolute Gasteiger partial charge is 0.231 e. The van der Waals surface area contributed by atoms with Crippen LogP contribution in [0.2, 0.25) is 5.02 Å². The van der Waals surface area contributed by atoms with E-state index >= 15 is 0 Å². The van der Waals surface area contributed by atoms with Crippen LogP contribution < -0.4 is 9.47 Å². The molecule has 3 aromatic carbocycles. The summed E-state index contributed by atoms with van der Waals surface area (Å²) < 4.78 is 12.1. The lowest BCUT2D eigenvalue weighted by molar-refractivity contribution is 0.0609. The number of carbonyl (C=O) groups excluding carboxylic acids is 1. The highest BCUT2D eigenvalue weighted by atomic mass is 35.5. The largest absolute Gasteiger partial charge is 0.477 e. The molecule has 2 aliphatic heterocycles. The summed E-state index contributed by atoms with van der Waals surface area (Å²) in [5.41, 5.74) is 4.57. The summed E-state index contributed by atoms with van der Waals surface area (Å²) in [7, 11) is 0. The van der Waals surface area contributed by atoms with Crippen LogP contribution in [0.15, 0.2) is 66.4 Å². The predicted octanol–water partition coefficient (Wildman–Crippen LogP) is 6.18. The molecule has 0 amide bonds. The number of nitrogens with zero attached hydrogens (tertiary/aromatic N) is 1. The number of benzene rings is 3. The lowest BCUT2D eigenvalue weighted by atomic mass is 9.99. The van der Waals surface area contributed by atoms with E-state index in [1.165, 1.54) is 5.56 Å². The fourth-order valence-electron chi connectivity index (χ4n) is 4.17. The Kier molecular flexibility index (Phi) is 5.05. The first-order valence-electron chi connectivity index (χ1n) is 10.3. The number of ether oxygens (including phenoxy) is 2. The first-order chi connectivity index (χ1) is 15.0. The molecule has 5 heteroatoms. The zero-order valence-electron chi connectivity index (χ0n) is 17.4. The molecule has 0 radical (unpaired) electrons. The van der Waals surface area contributed by atoms with Gasteiger partial charge in [0.25, 0.3) is 0 Å². The first kappa shape index (κ1) is 19.9. The van der Waals surface area contributed by atoms with Crippen molar-refractivity contribution < 1.29 is 14.3 Å². The second-order valence-electron chi connectivity index (χ2n) is 7.96. The van der Waals surface area contributed by atoms with Crippen LogP contribution in [0.4, 0.5) is 0 Å². The Bertz CT molecular complexity index is 1190. The Balaban J connectivity index is 1.45. The van der Waals surface area contributed by atoms with Crippen molar-refractivity contribution in [2.24, 2.45) is 0 Å². The minimum atomic E-state index is -0.107. The highest BCUT2D eigenvalue weighted by Gasteiger charge is 2.34. The molecule has 4 nitrogen and oxygen atoms in total. The maximum absolute atomic E-state index is 13.1. The van der Waals surface area contributed by atoms with Crippen LogP contribution in [-0.4, -0.2) is 17.4 Å². The molecular weight excluding hydrogens is 410 g/mol. The minimum Gasteiger partial charge on any atom is -0.477 e. The SMILES string of the molecule is Cc1c2c(cc3c1O/C(=C\c1ccc(Cl)cc1)C3=O)CN(C(C)c1ccccc1)CO2. The van der Waals surface area contributed by atoms with E-state index in [4.69, 9.17) is 21.1 Å². The number of allylic oxidation sites excluding steroid dienone is 1. The molecule has 156 valence electrons. The Morgan fingerprint density at radius 2 is 1.81 bits per heavy atom. The van der Waals surface area contributed by atoms with Gasteiger partial charge in [-0.05, 0) is 49.2 Å². The van der Waals surface area contributed by atoms with Crippen molar-refractivity contribution in [2.75, 3.05) is 6.73 Å². The quantitative estimate of drug-likeness (QED) is 0.464. The zero-order chi connectivity index (χ0) is 21.5. The summed E-state index contributed by atoms with van der Waals surface area (Å²) in [5.74, 6) is 1.62. The highest BCUT2D eigenvalue weighted by molar-refractivity contribution is 6.30. The van der Waals surface area contributed by atoms with Gasteiger partial charge in [0, 0.05) is 28.7 Å². The highest BCUT2D eigenvalue weighted by Crippen LogP contribution is 2.44. The van der Waals surface area contributed by atoms with Gasteiger partial charge in [-0.15, -0.1) is 0 Å². The summed E-state index contributed by atoms with van der Waals surface area (Å²) in [4.78, 5) is 15.3. The van der Waals surface area contributed by atoms with E-state index in [-0.39, 0.29) is 11.8 Å². The van der Waals surface area contributed by atoms with Crippen molar-refractivity contribution in [1.29, 1.82) is 0 Å². The minimum absolute atomic E-state index is 0.107. The third-order valence-electron chi connectivity index (χ3n) is 5.96. The van der Waals surface area contributed by atoms with Crippen LogP contribution >= 0.6 is 11.6 Å². The predicted molar refractivity (Wildman–Crippen MR) is 121 cm³/mol. The third kappa shape index (κ3) is 3.62. The van der Waals surface area contributed by atoms with Crippen molar-refractivity contribution in [3.63, 3.8) is 0 Å². The lowest BCUT2D eigenvalue weighted by Gasteiger charge is -2.34. The summed E-state index contributed by atoms with van der Waals surface area (Å²) in [5, 5.41) is 0.652. The van der Waals surface area contributed by atoms with Crippen molar-refractivity contribution >= 4 is 23.5 Å². The van der Waals surface area contributed by atoms with Crippen LogP contribution in [0.1, 0.15) is 45.6 Å². The van der Waals surface area contributed by atoms with E-state index in [0.717, 1.165) is 22.4 Å². The van der Waals surface area contributed by atoms with E-state index in [1.54, 1.807) is 18.2 Å². The normalized spacial score (nSPS) is 17.6. The average Bonchev–Trinajstić information content (AvgIpc) is 3.11. The molecule has 2 heterocycles. The third-order valence-corrected chi connectivity index (χ3v) is 6.21. The molecule has 0 bridgehead atoms. The number of hydrogen-bond donors (Lipinski definition) is 0. The van der Waals surface area contributed by atoms with Crippen molar-refractivity contribution in [3.05, 3.63) is 99.3 Å². The Morgan fingerprint density at radius 1 is 1.06 bits per heavy atom. The van der Waals surface area contributed by atoms with Crippen LogP contribution in [0.25, 0.3) is 6.08 Å². The van der Waals surface area contributed by atoms with Crippen molar-refractivity contribution in [3.8, 4) is 11.5 Å². The molecule has 0 fully saturated rings. The topological polar surface area (TPSA) is 38.8 Å². The molecule has 0 saturated heterocycles. The van der Waals surface area contributed by atoms with Gasteiger partial charge in [0.2, 0.25) is 5.78 Å². The first-order valence-corrected chi connectivity index (χ1v) is 10.7. The molecule has 5 rings (SSSR count). The standard InChI is InChI=1S/C26H22ClNO3/c1-16-25-20(14-28(15-30-25)17(2)19-6-4-3-5-7-19)13-22-24(29)23(31-26(16)22)12-18-8-10-21(27)11-9-18/h3-13,17H,14-15H2,1-2H3/b23-12-. The second kappa shape index (κ2) is 7.88. The van der Waals surface area contributed by atoms with E-state index in [2.05, 4.69) is 24.0 Å². The van der Waals surface area contributed by atoms with Gasteiger partial charge in [-0.1, -0.05) is 54.1 Å². The van der Waals surface area contributed by atoms with Crippen LogP contribution in [0.5, 0.6) is 11.5 Å². The average molecular weight is 432 g/mol. The molecule has 3 aromatic rings. The van der Waals surface area contributed by atoms with E-state index in [0.29, 0.717) is 35.4 Å². The summed E-state index contributed by atoms with van der Waals surface area (Å²) in [6.07, 6.45) is 1.75. The number of ketones is 1. The Morgan fingerprint density at radius 3 is 2.55 bits per heavy atom. The van der Waals surface area contributed by atoms with Crippen LogP contribution in [0.3, 0.4) is 0 Å². The van der Waals surface area contributed by atoms with E-state index in [9.17, 15) is 4.79 Å². The molecule has 1 unspecified atom stereocenters. The Labute approximate surface area is 186 Å². The van der Waals surface area contributed by atoms with E-state index in [1.807, 2.05) is 43.3 Å². The number of halogens is 1. The number of rotatable bonds is 3.